The Labute approximate surface area is 148 Å². The molecule has 1 fully saturated rings. The molecule has 130 valence electrons. The van der Waals surface area contributed by atoms with Gasteiger partial charge in [-0.25, -0.2) is 0 Å². The molecule has 1 aromatic carbocycles. The van der Waals surface area contributed by atoms with Crippen LogP contribution in [0.4, 0.5) is 0 Å². The number of benzene rings is 1. The lowest BCUT2D eigenvalue weighted by atomic mass is 10.1. The molecule has 1 saturated heterocycles. The highest BCUT2D eigenvalue weighted by molar-refractivity contribution is 5.85. The van der Waals surface area contributed by atoms with Crippen molar-refractivity contribution in [3.8, 4) is 11.3 Å². The fraction of sp³-hybridized carbons (Fsp3) is 0.412. The number of amides is 1. The Bertz CT molecular complexity index is 641. The van der Waals surface area contributed by atoms with E-state index in [0.29, 0.717) is 13.1 Å². The number of nitrogens with zero attached hydrogens (tertiary/aromatic N) is 3. The first kappa shape index (κ1) is 18.4. The second-order valence-corrected chi connectivity index (χ2v) is 5.85. The van der Waals surface area contributed by atoms with Crippen LogP contribution >= 0.6 is 12.4 Å². The van der Waals surface area contributed by atoms with Crippen LogP contribution in [0.5, 0.6) is 0 Å². The number of aromatic nitrogens is 1. The smallest absolute Gasteiger partial charge is 0.236 e. The van der Waals surface area contributed by atoms with Gasteiger partial charge in [-0.1, -0.05) is 35.5 Å². The number of likely N-dealkylation sites (N-methyl/N-ethyl adjacent to an activating group) is 1. The van der Waals surface area contributed by atoms with E-state index in [2.05, 4.69) is 10.5 Å². The van der Waals surface area contributed by atoms with Crippen molar-refractivity contribution < 1.29 is 9.32 Å². The summed E-state index contributed by atoms with van der Waals surface area (Å²) >= 11 is 0. The average Bonchev–Trinajstić information content (AvgIpc) is 3.04. The van der Waals surface area contributed by atoms with E-state index in [1.807, 2.05) is 53.2 Å². The minimum atomic E-state index is 0. The molecule has 1 aliphatic rings. The Balaban J connectivity index is 0.00000208. The molecule has 0 bridgehead atoms. The van der Waals surface area contributed by atoms with Gasteiger partial charge >= 0.3 is 0 Å². The van der Waals surface area contributed by atoms with Gasteiger partial charge in [0.05, 0.1) is 12.2 Å². The molecule has 2 heterocycles. The number of hydrogen-bond acceptors (Lipinski definition) is 5. The maximum absolute atomic E-state index is 12.2. The lowest BCUT2D eigenvalue weighted by molar-refractivity contribution is -0.132. The van der Waals surface area contributed by atoms with Crippen LogP contribution in [0.3, 0.4) is 0 Å². The Morgan fingerprint density at radius 2 is 2.00 bits per heavy atom. The minimum absolute atomic E-state index is 0. The molecule has 2 aromatic rings. The Kier molecular flexibility index (Phi) is 6.78. The summed E-state index contributed by atoms with van der Waals surface area (Å²) in [7, 11) is 1.93. The first-order chi connectivity index (χ1) is 11.2. The normalized spacial score (nSPS) is 14.5. The zero-order valence-electron chi connectivity index (χ0n) is 13.8. The second-order valence-electron chi connectivity index (χ2n) is 5.85. The molecule has 0 radical (unpaired) electrons. The number of hydrogen-bond donors (Lipinski definition) is 1. The highest BCUT2D eigenvalue weighted by Gasteiger charge is 2.18. The maximum Gasteiger partial charge on any atom is 0.236 e. The topological polar surface area (TPSA) is 61.6 Å². The molecule has 0 unspecified atom stereocenters. The molecule has 7 heteroatoms. The summed E-state index contributed by atoms with van der Waals surface area (Å²) in [6.07, 6.45) is 0. The molecular formula is C17H23ClN4O2. The Hall–Kier alpha value is -1.89. The standard InChI is InChI=1S/C17H22N4O2.ClH/c1-20(13-17(22)21-9-7-18-8-10-21)12-15-11-16(23-19-15)14-5-3-2-4-6-14;/h2-6,11,18H,7-10,12-13H2,1H3;1H. The molecule has 0 saturated carbocycles. The minimum Gasteiger partial charge on any atom is -0.356 e. The summed E-state index contributed by atoms with van der Waals surface area (Å²) in [6.45, 7) is 4.31. The van der Waals surface area contributed by atoms with Crippen LogP contribution in [-0.2, 0) is 11.3 Å². The second kappa shape index (κ2) is 8.82. The third-order valence-electron chi connectivity index (χ3n) is 3.92. The lowest BCUT2D eigenvalue weighted by Crippen LogP contribution is -2.49. The van der Waals surface area contributed by atoms with Crippen molar-refractivity contribution in [1.29, 1.82) is 0 Å². The third-order valence-corrected chi connectivity index (χ3v) is 3.92. The van der Waals surface area contributed by atoms with Crippen molar-refractivity contribution >= 4 is 18.3 Å². The summed E-state index contributed by atoms with van der Waals surface area (Å²) in [5.41, 5.74) is 1.84. The zero-order chi connectivity index (χ0) is 16.1. The highest BCUT2D eigenvalue weighted by atomic mass is 35.5. The SMILES string of the molecule is CN(CC(=O)N1CCNCC1)Cc1cc(-c2ccccc2)on1.Cl. The average molecular weight is 351 g/mol. The summed E-state index contributed by atoms with van der Waals surface area (Å²) in [6, 6.07) is 11.8. The van der Waals surface area contributed by atoms with Crippen LogP contribution in [0.15, 0.2) is 40.9 Å². The van der Waals surface area contributed by atoms with Crippen molar-refractivity contribution in [3.05, 3.63) is 42.1 Å². The number of piperazine rings is 1. The number of carbonyl (C=O) groups excluding carboxylic acids is 1. The number of rotatable bonds is 5. The van der Waals surface area contributed by atoms with E-state index in [1.165, 1.54) is 0 Å². The molecule has 1 N–H and O–H groups in total. The van der Waals surface area contributed by atoms with E-state index in [4.69, 9.17) is 4.52 Å². The highest BCUT2D eigenvalue weighted by Crippen LogP contribution is 2.20. The molecule has 0 aliphatic carbocycles. The van der Waals surface area contributed by atoms with Crippen molar-refractivity contribution in [2.75, 3.05) is 39.8 Å². The van der Waals surface area contributed by atoms with E-state index >= 15 is 0 Å². The first-order valence-electron chi connectivity index (χ1n) is 7.90. The fourth-order valence-corrected chi connectivity index (χ4v) is 2.70. The van der Waals surface area contributed by atoms with Crippen LogP contribution in [0, 0.1) is 0 Å². The molecule has 0 atom stereocenters. The van der Waals surface area contributed by atoms with Gasteiger partial charge in [-0.05, 0) is 7.05 Å². The van der Waals surface area contributed by atoms with Crippen LogP contribution in [0.25, 0.3) is 11.3 Å². The first-order valence-corrected chi connectivity index (χ1v) is 7.90. The molecular weight excluding hydrogens is 328 g/mol. The predicted octanol–water partition coefficient (Wildman–Crippen LogP) is 1.63. The van der Waals surface area contributed by atoms with Crippen molar-refractivity contribution in [2.45, 2.75) is 6.54 Å². The molecule has 1 aromatic heterocycles. The van der Waals surface area contributed by atoms with Gasteiger partial charge in [0.1, 0.15) is 0 Å². The molecule has 24 heavy (non-hydrogen) atoms. The molecule has 6 nitrogen and oxygen atoms in total. The number of halogens is 1. The van der Waals surface area contributed by atoms with Gasteiger partial charge in [-0.15, -0.1) is 12.4 Å². The zero-order valence-corrected chi connectivity index (χ0v) is 14.6. The number of nitrogens with one attached hydrogen (secondary N) is 1. The monoisotopic (exact) mass is 350 g/mol. The van der Waals surface area contributed by atoms with Gasteiger partial charge < -0.3 is 14.7 Å². The predicted molar refractivity (Wildman–Crippen MR) is 95.0 cm³/mol. The lowest BCUT2D eigenvalue weighted by Gasteiger charge is -2.29. The Morgan fingerprint density at radius 3 is 2.71 bits per heavy atom. The van der Waals surface area contributed by atoms with E-state index in [-0.39, 0.29) is 18.3 Å². The van der Waals surface area contributed by atoms with Gasteiger partial charge in [0.15, 0.2) is 5.76 Å². The van der Waals surface area contributed by atoms with E-state index in [1.54, 1.807) is 0 Å². The molecule has 3 rings (SSSR count). The van der Waals surface area contributed by atoms with Gasteiger partial charge in [0.25, 0.3) is 0 Å². The van der Waals surface area contributed by atoms with E-state index < -0.39 is 0 Å². The fourth-order valence-electron chi connectivity index (χ4n) is 2.70. The van der Waals surface area contributed by atoms with Crippen LogP contribution in [0.2, 0.25) is 0 Å². The van der Waals surface area contributed by atoms with E-state index in [0.717, 1.165) is 43.2 Å². The van der Waals surface area contributed by atoms with Crippen molar-refractivity contribution in [2.24, 2.45) is 0 Å². The molecule has 1 aliphatic heterocycles. The van der Waals surface area contributed by atoms with Crippen molar-refractivity contribution in [1.82, 2.24) is 20.3 Å². The summed E-state index contributed by atoms with van der Waals surface area (Å²) in [5.74, 6) is 0.920. The van der Waals surface area contributed by atoms with E-state index in [9.17, 15) is 4.79 Å². The van der Waals surface area contributed by atoms with Gasteiger partial charge in [-0.3, -0.25) is 9.69 Å². The molecule has 1 amide bonds. The van der Waals surface area contributed by atoms with Crippen LogP contribution in [-0.4, -0.2) is 60.6 Å². The number of carbonyl (C=O) groups is 1. The molecule has 0 spiro atoms. The largest absolute Gasteiger partial charge is 0.356 e. The third kappa shape index (κ3) is 4.80. The van der Waals surface area contributed by atoms with Gasteiger partial charge in [0.2, 0.25) is 5.91 Å². The van der Waals surface area contributed by atoms with Gasteiger partial charge in [0, 0.05) is 44.4 Å². The summed E-state index contributed by atoms with van der Waals surface area (Å²) in [5, 5.41) is 7.35. The Morgan fingerprint density at radius 1 is 1.29 bits per heavy atom. The van der Waals surface area contributed by atoms with Crippen LogP contribution < -0.4 is 5.32 Å². The quantitative estimate of drug-likeness (QED) is 0.888. The van der Waals surface area contributed by atoms with Crippen LogP contribution in [0.1, 0.15) is 5.69 Å². The van der Waals surface area contributed by atoms with Gasteiger partial charge in [-0.2, -0.15) is 0 Å². The summed E-state index contributed by atoms with van der Waals surface area (Å²) < 4.78 is 5.39. The van der Waals surface area contributed by atoms with Crippen molar-refractivity contribution in [3.63, 3.8) is 0 Å². The maximum atomic E-state index is 12.2. The summed E-state index contributed by atoms with van der Waals surface area (Å²) in [4.78, 5) is 16.1.